The molecule has 0 aromatic heterocycles. The molecule has 2 heterocycles. The van der Waals surface area contributed by atoms with Crippen molar-refractivity contribution in [2.45, 2.75) is 32.3 Å². The molecule has 132 valence electrons. The largest absolute Gasteiger partial charge is 0.451 e. The first-order chi connectivity index (χ1) is 12.0. The molecular weight excluding hydrogens is 324 g/mol. The molecule has 1 aromatic rings. The van der Waals surface area contributed by atoms with Crippen LogP contribution in [0.15, 0.2) is 24.3 Å². The topological polar surface area (TPSA) is 84.0 Å². The maximum Gasteiger partial charge on any atom is 0.326 e. The molecule has 7 nitrogen and oxygen atoms in total. The van der Waals surface area contributed by atoms with Crippen LogP contribution in [0.2, 0.25) is 0 Å². The molecule has 0 N–H and O–H groups in total. The highest BCUT2D eigenvalue weighted by molar-refractivity contribution is 6.11. The van der Waals surface area contributed by atoms with E-state index < -0.39 is 30.4 Å². The normalized spacial score (nSPS) is 18.1. The zero-order valence-corrected chi connectivity index (χ0v) is 14.1. The summed E-state index contributed by atoms with van der Waals surface area (Å²) < 4.78 is 5.14. The molecule has 2 aliphatic heterocycles. The summed E-state index contributed by atoms with van der Waals surface area (Å²) in [6, 6.07) is 6.81. The van der Waals surface area contributed by atoms with Gasteiger partial charge in [0.1, 0.15) is 6.54 Å². The van der Waals surface area contributed by atoms with Gasteiger partial charge in [-0.25, -0.2) is 0 Å². The predicted molar refractivity (Wildman–Crippen MR) is 87.6 cm³/mol. The van der Waals surface area contributed by atoms with E-state index in [1.165, 1.54) is 6.92 Å². The van der Waals surface area contributed by atoms with Gasteiger partial charge < -0.3 is 9.64 Å². The highest BCUT2D eigenvalue weighted by atomic mass is 16.5. The van der Waals surface area contributed by atoms with Crippen LogP contribution in [0.3, 0.4) is 0 Å². The van der Waals surface area contributed by atoms with Crippen molar-refractivity contribution in [2.24, 2.45) is 0 Å². The smallest absolute Gasteiger partial charge is 0.326 e. The molecule has 25 heavy (non-hydrogen) atoms. The third-order valence-corrected chi connectivity index (χ3v) is 4.50. The van der Waals surface area contributed by atoms with Crippen molar-refractivity contribution in [3.05, 3.63) is 35.4 Å². The molecule has 0 unspecified atom stereocenters. The molecule has 3 rings (SSSR count). The summed E-state index contributed by atoms with van der Waals surface area (Å²) in [5.74, 6) is -1.96. The van der Waals surface area contributed by atoms with Gasteiger partial charge in [-0.1, -0.05) is 18.2 Å². The summed E-state index contributed by atoms with van der Waals surface area (Å²) in [5, 5.41) is 0. The number of amides is 3. The van der Waals surface area contributed by atoms with Gasteiger partial charge in [0.2, 0.25) is 5.91 Å². The molecule has 1 fully saturated rings. The van der Waals surface area contributed by atoms with Crippen LogP contribution in [0, 0.1) is 0 Å². The molecule has 1 atom stereocenters. The summed E-state index contributed by atoms with van der Waals surface area (Å²) in [6.45, 7) is 2.36. The summed E-state index contributed by atoms with van der Waals surface area (Å²) >= 11 is 0. The molecule has 0 aliphatic carbocycles. The quantitative estimate of drug-likeness (QED) is 0.595. The van der Waals surface area contributed by atoms with Gasteiger partial charge in [-0.05, 0) is 31.4 Å². The first kappa shape index (κ1) is 17.1. The molecule has 1 aromatic carbocycles. The third kappa shape index (κ3) is 3.55. The van der Waals surface area contributed by atoms with Crippen LogP contribution in [-0.4, -0.2) is 59.2 Å². The van der Waals surface area contributed by atoms with Gasteiger partial charge >= 0.3 is 5.97 Å². The van der Waals surface area contributed by atoms with E-state index in [0.29, 0.717) is 24.2 Å². The van der Waals surface area contributed by atoms with Crippen molar-refractivity contribution in [1.82, 2.24) is 9.80 Å². The van der Waals surface area contributed by atoms with Gasteiger partial charge in [0.25, 0.3) is 11.8 Å². The standard InChI is InChI=1S/C18H20N2O5/c1-12(17(23)19-8-4-5-9-19)25-16(22)11-20-15(21)10-13-6-2-3-7-14(13)18(20)24/h2-3,6-7,12H,4-5,8-11H2,1H3/t12-/m1/s1. The summed E-state index contributed by atoms with van der Waals surface area (Å²) in [4.78, 5) is 51.4. The Kier molecular flexibility index (Phi) is 4.83. The molecule has 0 bridgehead atoms. The highest BCUT2D eigenvalue weighted by Crippen LogP contribution is 2.19. The number of carbonyl (C=O) groups excluding carboxylic acids is 4. The van der Waals surface area contributed by atoms with Crippen LogP contribution in [0.25, 0.3) is 0 Å². The van der Waals surface area contributed by atoms with Crippen LogP contribution >= 0.6 is 0 Å². The number of hydrogen-bond acceptors (Lipinski definition) is 5. The Labute approximate surface area is 145 Å². The first-order valence-electron chi connectivity index (χ1n) is 8.38. The van der Waals surface area contributed by atoms with Crippen LogP contribution in [0.5, 0.6) is 0 Å². The van der Waals surface area contributed by atoms with Gasteiger partial charge in [-0.2, -0.15) is 0 Å². The maximum atomic E-state index is 12.4. The van der Waals surface area contributed by atoms with E-state index in [1.54, 1.807) is 29.2 Å². The lowest BCUT2D eigenvalue weighted by atomic mass is 9.98. The molecule has 2 aliphatic rings. The predicted octanol–water partition coefficient (Wildman–Crippen LogP) is 0.766. The Bertz CT molecular complexity index is 724. The van der Waals surface area contributed by atoms with E-state index >= 15 is 0 Å². The van der Waals surface area contributed by atoms with Crippen molar-refractivity contribution >= 4 is 23.7 Å². The minimum atomic E-state index is -0.923. The number of imide groups is 1. The van der Waals surface area contributed by atoms with Crippen molar-refractivity contribution < 1.29 is 23.9 Å². The Hall–Kier alpha value is -2.70. The SMILES string of the molecule is C[C@@H](OC(=O)CN1C(=O)Cc2ccccc2C1=O)C(=O)N1CCCC1. The van der Waals surface area contributed by atoms with E-state index in [2.05, 4.69) is 0 Å². The van der Waals surface area contributed by atoms with Gasteiger partial charge in [0, 0.05) is 18.7 Å². The first-order valence-corrected chi connectivity index (χ1v) is 8.38. The second kappa shape index (κ2) is 7.04. The molecule has 7 heteroatoms. The number of hydrogen-bond donors (Lipinski definition) is 0. The van der Waals surface area contributed by atoms with E-state index in [0.717, 1.165) is 17.7 Å². The van der Waals surface area contributed by atoms with Crippen molar-refractivity contribution in [2.75, 3.05) is 19.6 Å². The second-order valence-electron chi connectivity index (χ2n) is 6.28. The van der Waals surface area contributed by atoms with Crippen LogP contribution in [0.1, 0.15) is 35.7 Å². The van der Waals surface area contributed by atoms with Gasteiger partial charge in [-0.3, -0.25) is 24.1 Å². The van der Waals surface area contributed by atoms with Crippen LogP contribution < -0.4 is 0 Å². The lowest BCUT2D eigenvalue weighted by molar-refractivity contribution is -0.160. The fraction of sp³-hybridized carbons (Fsp3) is 0.444. The van der Waals surface area contributed by atoms with E-state index in [1.807, 2.05) is 0 Å². The fourth-order valence-corrected chi connectivity index (χ4v) is 3.17. The third-order valence-electron chi connectivity index (χ3n) is 4.50. The van der Waals surface area contributed by atoms with Crippen molar-refractivity contribution in [3.8, 4) is 0 Å². The van der Waals surface area contributed by atoms with Crippen LogP contribution in [-0.2, 0) is 25.5 Å². The average Bonchev–Trinajstić information content (AvgIpc) is 3.12. The maximum absolute atomic E-state index is 12.4. The van der Waals surface area contributed by atoms with Gasteiger partial charge in [0.15, 0.2) is 6.10 Å². The lowest BCUT2D eigenvalue weighted by Gasteiger charge is -2.26. The van der Waals surface area contributed by atoms with E-state index in [4.69, 9.17) is 4.74 Å². The summed E-state index contributed by atoms with van der Waals surface area (Å²) in [6.07, 6.45) is 1.04. The van der Waals surface area contributed by atoms with Crippen molar-refractivity contribution in [3.63, 3.8) is 0 Å². The zero-order chi connectivity index (χ0) is 18.0. The summed E-state index contributed by atoms with van der Waals surface area (Å²) in [7, 11) is 0. The Balaban J connectivity index is 1.62. The van der Waals surface area contributed by atoms with E-state index in [-0.39, 0.29) is 12.3 Å². The molecule has 3 amide bonds. The number of rotatable bonds is 4. The number of carbonyl (C=O) groups is 4. The number of benzene rings is 1. The fourth-order valence-electron chi connectivity index (χ4n) is 3.17. The Morgan fingerprint density at radius 1 is 1.16 bits per heavy atom. The summed E-state index contributed by atoms with van der Waals surface area (Å²) in [5.41, 5.74) is 1.07. The van der Waals surface area contributed by atoms with Crippen molar-refractivity contribution in [1.29, 1.82) is 0 Å². The lowest BCUT2D eigenvalue weighted by Crippen LogP contribution is -2.46. The van der Waals surface area contributed by atoms with Gasteiger partial charge in [-0.15, -0.1) is 0 Å². The molecule has 0 radical (unpaired) electrons. The number of ether oxygens (including phenoxy) is 1. The van der Waals surface area contributed by atoms with E-state index in [9.17, 15) is 19.2 Å². The monoisotopic (exact) mass is 344 g/mol. The minimum Gasteiger partial charge on any atom is -0.451 e. The highest BCUT2D eigenvalue weighted by Gasteiger charge is 2.33. The van der Waals surface area contributed by atoms with Crippen LogP contribution in [0.4, 0.5) is 0 Å². The minimum absolute atomic E-state index is 0.0669. The Morgan fingerprint density at radius 2 is 1.84 bits per heavy atom. The van der Waals surface area contributed by atoms with Gasteiger partial charge in [0.05, 0.1) is 6.42 Å². The Morgan fingerprint density at radius 3 is 2.56 bits per heavy atom. The number of esters is 1. The number of nitrogens with zero attached hydrogens (tertiary/aromatic N) is 2. The molecule has 0 spiro atoms. The second-order valence-corrected chi connectivity index (χ2v) is 6.28. The zero-order valence-electron chi connectivity index (χ0n) is 14.1. The number of fused-ring (bicyclic) bond motifs is 1. The average molecular weight is 344 g/mol. The molecular formula is C18H20N2O5. The number of likely N-dealkylation sites (tertiary alicyclic amines) is 1. The molecule has 0 saturated carbocycles. The molecule has 1 saturated heterocycles.